The second-order valence-electron chi connectivity index (χ2n) is 14.9. The summed E-state index contributed by atoms with van der Waals surface area (Å²) in [5.74, 6) is 0.426. The number of hydrogen-bond acceptors (Lipinski definition) is 1. The molecule has 0 N–H and O–H groups in total. The smallest absolute Gasteiger partial charge is 0.0200 e. The van der Waals surface area contributed by atoms with Crippen LogP contribution in [0.15, 0.2) is 192 Å². The first kappa shape index (κ1) is 32.7. The van der Waals surface area contributed by atoms with Gasteiger partial charge in [0, 0.05) is 10.8 Å². The minimum absolute atomic E-state index is 0.426. The minimum atomic E-state index is 0.426. The summed E-state index contributed by atoms with van der Waals surface area (Å²) in [4.78, 5) is 1.07. The molecule has 7 aromatic carbocycles. The Bertz CT molecular complexity index is 2800. The van der Waals surface area contributed by atoms with Gasteiger partial charge in [0.05, 0.1) is 0 Å². The van der Waals surface area contributed by atoms with Crippen molar-refractivity contribution in [3.63, 3.8) is 0 Å². The highest BCUT2D eigenvalue weighted by atomic mass is 32.1. The Balaban J connectivity index is 1.05. The maximum Gasteiger partial charge on any atom is 0.0200 e. The van der Waals surface area contributed by atoms with Gasteiger partial charge in [0.2, 0.25) is 0 Å². The van der Waals surface area contributed by atoms with E-state index in [9.17, 15) is 0 Å². The molecule has 0 amide bonds. The number of rotatable bonds is 5. The molecule has 0 spiro atoms. The van der Waals surface area contributed by atoms with Gasteiger partial charge in [-0.05, 0) is 126 Å². The number of thiol groups is 1. The summed E-state index contributed by atoms with van der Waals surface area (Å²) in [7, 11) is 0. The predicted octanol–water partition coefficient (Wildman–Crippen LogP) is 14.4. The molecule has 0 radical (unpaired) electrons. The zero-order valence-corrected chi connectivity index (χ0v) is 31.3. The zero-order chi connectivity index (χ0) is 36.2. The third-order valence-electron chi connectivity index (χ3n) is 11.8. The van der Waals surface area contributed by atoms with E-state index in [4.69, 9.17) is 12.6 Å². The maximum absolute atomic E-state index is 5.16. The van der Waals surface area contributed by atoms with Crippen molar-refractivity contribution in [2.24, 2.45) is 5.92 Å². The van der Waals surface area contributed by atoms with Crippen LogP contribution in [0.3, 0.4) is 0 Å². The van der Waals surface area contributed by atoms with Crippen molar-refractivity contribution in [2.45, 2.75) is 31.1 Å². The van der Waals surface area contributed by atoms with Gasteiger partial charge in [-0.25, -0.2) is 0 Å². The normalized spacial score (nSPS) is 17.3. The lowest BCUT2D eigenvalue weighted by Crippen LogP contribution is -2.07. The van der Waals surface area contributed by atoms with E-state index in [0.717, 1.165) is 24.2 Å². The van der Waals surface area contributed by atoms with E-state index in [-0.39, 0.29) is 0 Å². The SMILES string of the molecule is C/C=C(\C=C1/Cc2ccc3ccc(-c4ccccc4)c(S)c3c2C1)c1cccc(-c2c3ccccc3c(C3=CC=C4C=CC=CC4C3)c3ccccc23)c1. The predicted molar refractivity (Wildman–Crippen MR) is 235 cm³/mol. The summed E-state index contributed by atoms with van der Waals surface area (Å²) in [6, 6.07) is 47.0. The van der Waals surface area contributed by atoms with Crippen molar-refractivity contribution in [2.75, 3.05) is 0 Å². The molecule has 0 fully saturated rings. The van der Waals surface area contributed by atoms with Crippen LogP contribution in [0.4, 0.5) is 0 Å². The van der Waals surface area contributed by atoms with Crippen LogP contribution in [0, 0.1) is 5.92 Å². The molecular formula is C53H40S. The summed E-state index contributed by atoms with van der Waals surface area (Å²) in [6.07, 6.45) is 21.3. The van der Waals surface area contributed by atoms with Crippen molar-refractivity contribution in [3.8, 4) is 22.3 Å². The summed E-state index contributed by atoms with van der Waals surface area (Å²) in [5, 5.41) is 7.78. The van der Waals surface area contributed by atoms with Crippen LogP contribution in [-0.2, 0) is 12.8 Å². The molecule has 0 saturated carbocycles. The lowest BCUT2D eigenvalue weighted by molar-refractivity contribution is 0.794. The molecule has 3 aliphatic rings. The highest BCUT2D eigenvalue weighted by Crippen LogP contribution is 2.46. The number of allylic oxidation sites excluding steroid dienone is 12. The molecule has 0 bridgehead atoms. The van der Waals surface area contributed by atoms with E-state index in [2.05, 4.69) is 183 Å². The third-order valence-corrected chi connectivity index (χ3v) is 12.2. The Morgan fingerprint density at radius 2 is 1.37 bits per heavy atom. The van der Waals surface area contributed by atoms with Gasteiger partial charge < -0.3 is 0 Å². The molecule has 258 valence electrons. The molecule has 7 aromatic rings. The van der Waals surface area contributed by atoms with E-state index >= 15 is 0 Å². The first-order valence-corrected chi connectivity index (χ1v) is 19.6. The van der Waals surface area contributed by atoms with Gasteiger partial charge in [0.15, 0.2) is 0 Å². The molecule has 0 aromatic heterocycles. The maximum atomic E-state index is 5.16. The van der Waals surface area contributed by atoms with Crippen LogP contribution in [-0.4, -0.2) is 0 Å². The molecule has 54 heavy (non-hydrogen) atoms. The van der Waals surface area contributed by atoms with Gasteiger partial charge >= 0.3 is 0 Å². The second-order valence-corrected chi connectivity index (χ2v) is 15.3. The lowest BCUT2D eigenvalue weighted by atomic mass is 9.78. The number of hydrogen-bond donors (Lipinski definition) is 1. The van der Waals surface area contributed by atoms with Gasteiger partial charge in [-0.2, -0.15) is 0 Å². The summed E-state index contributed by atoms with van der Waals surface area (Å²) in [5.41, 5.74) is 15.9. The van der Waals surface area contributed by atoms with Gasteiger partial charge in [0.1, 0.15) is 0 Å². The summed E-state index contributed by atoms with van der Waals surface area (Å²) in [6.45, 7) is 2.17. The Hall–Kier alpha value is -5.89. The fourth-order valence-corrected chi connectivity index (χ4v) is 9.68. The summed E-state index contributed by atoms with van der Waals surface area (Å²) >= 11 is 5.16. The highest BCUT2D eigenvalue weighted by Gasteiger charge is 2.24. The van der Waals surface area contributed by atoms with Crippen LogP contribution in [0.25, 0.3) is 65.7 Å². The van der Waals surface area contributed by atoms with Crippen LogP contribution in [0.2, 0.25) is 0 Å². The number of fused-ring (bicyclic) bond motifs is 6. The Kier molecular flexibility index (Phi) is 8.19. The summed E-state index contributed by atoms with van der Waals surface area (Å²) < 4.78 is 0. The molecule has 1 unspecified atom stereocenters. The van der Waals surface area contributed by atoms with Crippen LogP contribution in [0.1, 0.15) is 35.6 Å². The van der Waals surface area contributed by atoms with Crippen molar-refractivity contribution < 1.29 is 0 Å². The van der Waals surface area contributed by atoms with Gasteiger partial charge in [0.25, 0.3) is 0 Å². The molecule has 0 saturated heterocycles. The monoisotopic (exact) mass is 708 g/mol. The quantitative estimate of drug-likeness (QED) is 0.134. The molecule has 10 rings (SSSR count). The van der Waals surface area contributed by atoms with E-state index < -0.39 is 0 Å². The van der Waals surface area contributed by atoms with Crippen LogP contribution < -0.4 is 0 Å². The molecule has 3 aliphatic carbocycles. The van der Waals surface area contributed by atoms with E-state index in [0.29, 0.717) is 5.92 Å². The standard InChI is InChI=1S/C53H40S/c1-2-35(29-34-30-41-25-24-38-27-28-44(37-14-4-3-5-15-37)53(54)52(38)49(41)31-34)39-17-12-18-42(32-39)50-45-19-8-10-21-47(45)51(48-22-11-9-20-46(48)50)43-26-23-36-13-6-7-16-40(36)33-43/h2-29,32,40,54H,30-31,33H2,1H3/b34-29+,35-2+. The fourth-order valence-electron chi connectivity index (χ4n) is 9.21. The average Bonchev–Trinajstić information content (AvgIpc) is 3.65. The topological polar surface area (TPSA) is 0 Å². The third kappa shape index (κ3) is 5.54. The molecule has 0 heterocycles. The lowest BCUT2D eigenvalue weighted by Gasteiger charge is -2.25. The largest absolute Gasteiger partial charge is 0.142 e. The van der Waals surface area contributed by atoms with Crippen molar-refractivity contribution >= 4 is 56.1 Å². The Labute approximate surface area is 323 Å². The van der Waals surface area contributed by atoms with Gasteiger partial charge in [-0.1, -0.05) is 176 Å². The van der Waals surface area contributed by atoms with E-state index in [1.807, 2.05) is 0 Å². The first-order chi connectivity index (χ1) is 26.6. The fraction of sp³-hybridized carbons (Fsp3) is 0.0943. The minimum Gasteiger partial charge on any atom is -0.142 e. The van der Waals surface area contributed by atoms with Crippen LogP contribution in [0.5, 0.6) is 0 Å². The van der Waals surface area contributed by atoms with Crippen molar-refractivity contribution in [1.29, 1.82) is 0 Å². The molecule has 1 atom stereocenters. The molecule has 0 aliphatic heterocycles. The van der Waals surface area contributed by atoms with E-state index in [1.54, 1.807) is 0 Å². The Morgan fingerprint density at radius 1 is 0.667 bits per heavy atom. The van der Waals surface area contributed by atoms with Crippen molar-refractivity contribution in [1.82, 2.24) is 0 Å². The zero-order valence-electron chi connectivity index (χ0n) is 30.4. The average molecular weight is 709 g/mol. The molecule has 1 heteroatoms. The van der Waals surface area contributed by atoms with Crippen LogP contribution >= 0.6 is 12.6 Å². The first-order valence-electron chi connectivity index (χ1n) is 19.1. The molecular weight excluding hydrogens is 669 g/mol. The van der Waals surface area contributed by atoms with Gasteiger partial charge in [-0.15, -0.1) is 12.6 Å². The second kappa shape index (κ2) is 13.5. The van der Waals surface area contributed by atoms with Crippen molar-refractivity contribution in [3.05, 3.63) is 209 Å². The Morgan fingerprint density at radius 3 is 2.13 bits per heavy atom. The van der Waals surface area contributed by atoms with Gasteiger partial charge in [-0.3, -0.25) is 0 Å². The number of benzene rings is 7. The molecule has 0 nitrogen and oxygen atoms in total. The highest BCUT2D eigenvalue weighted by molar-refractivity contribution is 7.80. The van der Waals surface area contributed by atoms with E-state index in [1.165, 1.54) is 99.1 Å².